The minimum absolute atomic E-state index is 0.210. The molecule has 0 bridgehead atoms. The van der Waals surface area contributed by atoms with E-state index in [1.54, 1.807) is 6.07 Å². The summed E-state index contributed by atoms with van der Waals surface area (Å²) >= 11 is 6.25. The second-order valence-electron chi connectivity index (χ2n) is 4.49. The van der Waals surface area contributed by atoms with Gasteiger partial charge < -0.3 is 0 Å². The van der Waals surface area contributed by atoms with E-state index < -0.39 is 0 Å². The highest BCUT2D eigenvalue weighted by Crippen LogP contribution is 2.50. The molecule has 0 amide bonds. The highest BCUT2D eigenvalue weighted by molar-refractivity contribution is 6.36. The topological polar surface area (TPSA) is 0 Å². The van der Waals surface area contributed by atoms with Crippen LogP contribution in [0.15, 0.2) is 48.5 Å². The van der Waals surface area contributed by atoms with Crippen molar-refractivity contribution in [1.82, 2.24) is 0 Å². The average Bonchev–Trinajstić information content (AvgIpc) is 2.73. The van der Waals surface area contributed by atoms with E-state index in [2.05, 4.69) is 0 Å². The summed E-state index contributed by atoms with van der Waals surface area (Å²) in [4.78, 5) is 0. The van der Waals surface area contributed by atoms with Gasteiger partial charge in [-0.2, -0.15) is 0 Å². The van der Waals surface area contributed by atoms with E-state index in [0.717, 1.165) is 27.5 Å². The number of rotatable bonds is 0. The highest BCUT2D eigenvalue weighted by Gasteiger charge is 2.25. The molecule has 4 rings (SSSR count). The van der Waals surface area contributed by atoms with Crippen molar-refractivity contribution in [2.45, 2.75) is 0 Å². The average molecular weight is 255 g/mol. The van der Waals surface area contributed by atoms with Gasteiger partial charge in [-0.25, -0.2) is 4.39 Å². The molecule has 0 aromatic heterocycles. The first-order valence-corrected chi connectivity index (χ1v) is 6.15. The Morgan fingerprint density at radius 3 is 2.17 bits per heavy atom. The van der Waals surface area contributed by atoms with E-state index in [9.17, 15) is 4.39 Å². The first-order valence-electron chi connectivity index (χ1n) is 5.78. The third-order valence-electron chi connectivity index (χ3n) is 3.55. The van der Waals surface area contributed by atoms with Crippen molar-refractivity contribution in [3.05, 3.63) is 59.4 Å². The third-order valence-corrected chi connectivity index (χ3v) is 3.86. The Labute approximate surface area is 109 Å². The first kappa shape index (κ1) is 10.1. The van der Waals surface area contributed by atoms with Crippen LogP contribution < -0.4 is 0 Å². The van der Waals surface area contributed by atoms with Crippen molar-refractivity contribution in [3.63, 3.8) is 0 Å². The van der Waals surface area contributed by atoms with E-state index in [4.69, 9.17) is 11.6 Å². The molecule has 2 heteroatoms. The lowest BCUT2D eigenvalue weighted by atomic mass is 10.0. The van der Waals surface area contributed by atoms with Gasteiger partial charge in [0.05, 0.1) is 0 Å². The molecule has 0 spiro atoms. The zero-order chi connectivity index (χ0) is 12.3. The quantitative estimate of drug-likeness (QED) is 0.400. The second-order valence-corrected chi connectivity index (χ2v) is 4.90. The predicted octanol–water partition coefficient (Wildman–Crippen LogP) is 5.28. The van der Waals surface area contributed by atoms with Crippen LogP contribution >= 0.6 is 11.6 Å². The fraction of sp³-hybridized carbons (Fsp3) is 0. The lowest BCUT2D eigenvalue weighted by Gasteiger charge is -2.05. The Morgan fingerprint density at radius 2 is 1.44 bits per heavy atom. The van der Waals surface area contributed by atoms with Gasteiger partial charge in [0.1, 0.15) is 5.82 Å². The fourth-order valence-electron chi connectivity index (χ4n) is 2.84. The number of benzene rings is 3. The maximum Gasteiger partial charge on any atom is 0.131 e. The molecule has 1 aliphatic carbocycles. The zero-order valence-electron chi connectivity index (χ0n) is 9.37. The summed E-state index contributed by atoms with van der Waals surface area (Å²) in [5, 5.41) is 2.83. The van der Waals surface area contributed by atoms with Crippen molar-refractivity contribution >= 4 is 22.4 Å². The molecule has 0 heterocycles. The lowest BCUT2D eigenvalue weighted by Crippen LogP contribution is -1.84. The summed E-state index contributed by atoms with van der Waals surface area (Å²) in [6.45, 7) is 0. The molecule has 86 valence electrons. The smallest absolute Gasteiger partial charge is 0.131 e. The molecule has 0 saturated heterocycles. The molecule has 0 atom stereocenters. The largest absolute Gasteiger partial charge is 0.206 e. The summed E-state index contributed by atoms with van der Waals surface area (Å²) in [6.07, 6.45) is 0. The van der Waals surface area contributed by atoms with Gasteiger partial charge in [-0.15, -0.1) is 0 Å². The Hall–Kier alpha value is -1.86. The summed E-state index contributed by atoms with van der Waals surface area (Å²) in [5.74, 6) is -0.210. The van der Waals surface area contributed by atoms with Gasteiger partial charge in [0, 0.05) is 16.1 Å². The van der Waals surface area contributed by atoms with Gasteiger partial charge in [0.15, 0.2) is 0 Å². The normalized spacial score (nSPS) is 11.9. The molecule has 0 radical (unpaired) electrons. The van der Waals surface area contributed by atoms with Crippen LogP contribution in [0.1, 0.15) is 0 Å². The minimum atomic E-state index is -0.210. The molecule has 3 aromatic rings. The van der Waals surface area contributed by atoms with Crippen LogP contribution in [-0.2, 0) is 0 Å². The molecule has 0 aliphatic heterocycles. The van der Waals surface area contributed by atoms with Crippen LogP contribution in [0.25, 0.3) is 33.0 Å². The zero-order valence-corrected chi connectivity index (χ0v) is 10.1. The molecule has 0 unspecified atom stereocenters. The SMILES string of the molecule is Fc1ccc(Cl)c2c1-c1cccc3cccc-2c13. The van der Waals surface area contributed by atoms with Crippen LogP contribution in [0, 0.1) is 5.82 Å². The Kier molecular flexibility index (Phi) is 1.87. The fourth-order valence-corrected chi connectivity index (χ4v) is 3.10. The number of hydrogen-bond acceptors (Lipinski definition) is 0. The molecular formula is C16H8ClF. The third kappa shape index (κ3) is 1.10. The van der Waals surface area contributed by atoms with Gasteiger partial charge in [0.25, 0.3) is 0 Å². The van der Waals surface area contributed by atoms with Crippen molar-refractivity contribution in [3.8, 4) is 22.3 Å². The molecule has 0 saturated carbocycles. The monoisotopic (exact) mass is 254 g/mol. The van der Waals surface area contributed by atoms with E-state index >= 15 is 0 Å². The van der Waals surface area contributed by atoms with Crippen LogP contribution in [0.4, 0.5) is 4.39 Å². The highest BCUT2D eigenvalue weighted by atomic mass is 35.5. The van der Waals surface area contributed by atoms with Crippen LogP contribution in [0.3, 0.4) is 0 Å². The van der Waals surface area contributed by atoms with Crippen LogP contribution in [-0.4, -0.2) is 0 Å². The molecular weight excluding hydrogens is 247 g/mol. The summed E-state index contributed by atoms with van der Waals surface area (Å²) in [5.41, 5.74) is 3.43. The Bertz CT molecular complexity index is 742. The maximum absolute atomic E-state index is 14.1. The van der Waals surface area contributed by atoms with E-state index in [0.29, 0.717) is 10.6 Å². The van der Waals surface area contributed by atoms with Crippen molar-refractivity contribution < 1.29 is 4.39 Å². The molecule has 3 aromatic carbocycles. The van der Waals surface area contributed by atoms with Crippen molar-refractivity contribution in [2.75, 3.05) is 0 Å². The molecule has 0 nitrogen and oxygen atoms in total. The van der Waals surface area contributed by atoms with Gasteiger partial charge in [0.2, 0.25) is 0 Å². The maximum atomic E-state index is 14.1. The first-order chi connectivity index (χ1) is 8.77. The van der Waals surface area contributed by atoms with Crippen molar-refractivity contribution in [1.29, 1.82) is 0 Å². The van der Waals surface area contributed by atoms with Crippen LogP contribution in [0.5, 0.6) is 0 Å². The number of halogens is 2. The van der Waals surface area contributed by atoms with Gasteiger partial charge >= 0.3 is 0 Å². The summed E-state index contributed by atoms with van der Waals surface area (Å²) < 4.78 is 14.1. The summed E-state index contributed by atoms with van der Waals surface area (Å²) in [7, 11) is 0. The van der Waals surface area contributed by atoms with Gasteiger partial charge in [-0.1, -0.05) is 48.0 Å². The molecule has 0 fully saturated rings. The summed E-state index contributed by atoms with van der Waals surface area (Å²) in [6, 6.07) is 15.0. The standard InChI is InChI=1S/C16H8ClF/c17-12-7-8-13(18)16-11-6-2-4-9-3-1-5-10(14(9)11)15(12)16/h1-8H. The molecule has 1 aliphatic rings. The van der Waals surface area contributed by atoms with E-state index in [-0.39, 0.29) is 5.82 Å². The molecule has 0 N–H and O–H groups in total. The minimum Gasteiger partial charge on any atom is -0.206 e. The lowest BCUT2D eigenvalue weighted by molar-refractivity contribution is 0.632. The number of hydrogen-bond donors (Lipinski definition) is 0. The molecule has 18 heavy (non-hydrogen) atoms. The number of fused-ring (bicyclic) bond motifs is 3. The van der Waals surface area contributed by atoms with Gasteiger partial charge in [-0.3, -0.25) is 0 Å². The van der Waals surface area contributed by atoms with Crippen LogP contribution in [0.2, 0.25) is 5.02 Å². The van der Waals surface area contributed by atoms with Gasteiger partial charge in [-0.05, 0) is 34.0 Å². The predicted molar refractivity (Wildman–Crippen MR) is 73.3 cm³/mol. The second kappa shape index (κ2) is 3.33. The van der Waals surface area contributed by atoms with E-state index in [1.807, 2.05) is 36.4 Å². The van der Waals surface area contributed by atoms with Crippen molar-refractivity contribution in [2.24, 2.45) is 0 Å². The van der Waals surface area contributed by atoms with E-state index in [1.165, 1.54) is 6.07 Å². The Morgan fingerprint density at radius 1 is 0.778 bits per heavy atom. The Balaban J connectivity index is 2.31.